The van der Waals surface area contributed by atoms with Crippen molar-refractivity contribution in [3.05, 3.63) is 115 Å². The van der Waals surface area contributed by atoms with E-state index in [2.05, 4.69) is 150 Å². The Morgan fingerprint density at radius 3 is 1.06 bits per heavy atom. The molecule has 99 heavy (non-hydrogen) atoms. The first-order valence-electron chi connectivity index (χ1n) is 36.6. The molecule has 6 heterocycles. The number of aliphatic imine (C=N–C) groups is 7. The average molecular weight is 1440 g/mol. The van der Waals surface area contributed by atoms with Crippen LogP contribution in [0.2, 0.25) is 0 Å². The number of fused-ring (bicyclic) bond motifs is 3. The minimum atomic E-state index is -0.506. The van der Waals surface area contributed by atoms with Crippen molar-refractivity contribution in [1.82, 2.24) is 29.4 Å². The van der Waals surface area contributed by atoms with Gasteiger partial charge in [0.25, 0.3) is 0 Å². The van der Waals surface area contributed by atoms with Crippen molar-refractivity contribution < 1.29 is 54.0 Å². The number of guanidine groups is 3. The Morgan fingerprint density at radius 2 is 0.707 bits per heavy atom. The van der Waals surface area contributed by atoms with Gasteiger partial charge >= 0.3 is 0 Å². The molecule has 10 rings (SSSR count). The van der Waals surface area contributed by atoms with E-state index in [9.17, 15) is 20.4 Å². The van der Waals surface area contributed by atoms with E-state index in [1.165, 1.54) is 48.3 Å². The SMILES string of the molecule is Cc1cc(C=NCC(C)(C)N=Cc2cc(C(C)(C)C)cc(C(C)(C)C)c2O)c(O)c(CCCN2CCCN3CCCN=C32)c1.Cc1cc(C=NCC(C)(C)N=Cc2cc(C(C)(C)C)cc(CCCN3CCCN4CCCN=C43)c2O)c(O)c(CCCN2CCCN3CCCN=C32)c1.[Co].[Co]. The zero-order chi connectivity index (χ0) is 69.9. The molecule has 0 aliphatic carbocycles. The first-order chi connectivity index (χ1) is 45.9. The third-order valence-electron chi connectivity index (χ3n) is 19.6. The van der Waals surface area contributed by atoms with Gasteiger partial charge in [0.2, 0.25) is 0 Å². The number of phenolic OH excluding ortho intramolecular Hbond substituents is 4. The number of hydrogen-bond donors (Lipinski definition) is 4. The summed E-state index contributed by atoms with van der Waals surface area (Å²) in [6, 6.07) is 16.6. The van der Waals surface area contributed by atoms with Crippen LogP contribution >= 0.6 is 0 Å². The van der Waals surface area contributed by atoms with Gasteiger partial charge in [-0.1, -0.05) is 86.6 Å². The maximum atomic E-state index is 11.5. The molecule has 17 nitrogen and oxygen atoms in total. The van der Waals surface area contributed by atoms with Crippen molar-refractivity contribution in [2.24, 2.45) is 34.9 Å². The van der Waals surface area contributed by atoms with Crippen molar-refractivity contribution in [1.29, 1.82) is 0 Å². The van der Waals surface area contributed by atoms with Crippen LogP contribution in [0.5, 0.6) is 23.0 Å². The monoisotopic (exact) mass is 1440 g/mol. The zero-order valence-electron chi connectivity index (χ0n) is 62.7. The number of phenols is 4. The Labute approximate surface area is 615 Å². The summed E-state index contributed by atoms with van der Waals surface area (Å²) in [5.74, 6) is 4.74. The minimum absolute atomic E-state index is 0. The van der Waals surface area contributed by atoms with Crippen LogP contribution in [0.3, 0.4) is 0 Å². The number of nitrogens with zero attached hydrogens (tertiary/aromatic N) is 13. The summed E-state index contributed by atoms with van der Waals surface area (Å²) in [6.45, 7) is 48.2. The molecule has 0 bridgehead atoms. The maximum absolute atomic E-state index is 11.5. The van der Waals surface area contributed by atoms with E-state index in [0.29, 0.717) is 30.3 Å². The quantitative estimate of drug-likeness (QED) is 0.0552. The first-order valence-corrected chi connectivity index (χ1v) is 36.6. The van der Waals surface area contributed by atoms with Gasteiger partial charge in [-0.2, -0.15) is 0 Å². The minimum Gasteiger partial charge on any atom is -0.507 e. The van der Waals surface area contributed by atoms with E-state index in [-0.39, 0.29) is 55.6 Å². The Balaban J connectivity index is 0.000000278. The topological polar surface area (TPSA) is 187 Å². The number of hydrogen-bond acceptors (Lipinski definition) is 17. The van der Waals surface area contributed by atoms with Crippen LogP contribution in [0.15, 0.2) is 83.5 Å². The van der Waals surface area contributed by atoms with Gasteiger partial charge in [-0.25, -0.2) is 0 Å². The van der Waals surface area contributed by atoms with Crippen molar-refractivity contribution in [3.63, 3.8) is 0 Å². The molecule has 3 fully saturated rings. The molecule has 2 radical (unpaired) electrons. The summed E-state index contributed by atoms with van der Waals surface area (Å²) in [7, 11) is 0. The smallest absolute Gasteiger partial charge is 0.196 e. The average Bonchev–Trinajstić information content (AvgIpc) is 0.784. The van der Waals surface area contributed by atoms with Crippen molar-refractivity contribution in [2.45, 2.75) is 208 Å². The first kappa shape index (κ1) is 79.9. The van der Waals surface area contributed by atoms with Crippen LogP contribution < -0.4 is 0 Å². The number of benzene rings is 4. The molecular weight excluding hydrogens is 1320 g/mol. The van der Waals surface area contributed by atoms with Gasteiger partial charge in [0, 0.05) is 184 Å². The summed E-state index contributed by atoms with van der Waals surface area (Å²) in [4.78, 5) is 48.3. The molecule has 4 aromatic carbocycles. The normalized spacial score (nSPS) is 17.3. The summed E-state index contributed by atoms with van der Waals surface area (Å²) in [5, 5.41) is 45.0. The fourth-order valence-corrected chi connectivity index (χ4v) is 14.0. The second-order valence-corrected chi connectivity index (χ2v) is 32.5. The summed E-state index contributed by atoms with van der Waals surface area (Å²) in [6.07, 6.45) is 19.4. The fourth-order valence-electron chi connectivity index (χ4n) is 14.0. The molecule has 0 amide bonds. The Bertz CT molecular complexity index is 3590. The number of rotatable bonds is 22. The van der Waals surface area contributed by atoms with Gasteiger partial charge in [0.1, 0.15) is 23.0 Å². The number of aromatic hydroxyl groups is 4. The van der Waals surface area contributed by atoms with Gasteiger partial charge < -0.3 is 49.8 Å². The number of aryl methyl sites for hydroxylation is 5. The Kier molecular flexibility index (Phi) is 28.2. The van der Waals surface area contributed by atoms with E-state index in [0.717, 1.165) is 212 Å². The van der Waals surface area contributed by atoms with E-state index in [4.69, 9.17) is 34.9 Å². The third kappa shape index (κ3) is 22.0. The van der Waals surface area contributed by atoms with Gasteiger partial charge in [0.05, 0.1) is 24.2 Å². The molecule has 0 atom stereocenters. The standard InChI is InChI=1S/C43H64N8O2.C37H55N5O2.2Co/c1-32-25-33(13-7-17-48-21-11-23-50-19-9-15-45-40(48)50)38(52)35(26-32)29-44-31-43(5,6)47-30-36-28-37(42(2,3)4)27-34(39(36)53)14-8-18-49-22-12-24-51-20-10-16-46-41(49)51;1-26-19-27(13-10-15-41-17-12-18-42-16-11-14-39-34(41)42)32(43)28(20-26)23-38-25-37(8,9)40-24-29-21-30(35(2,3)4)22-31(33(29)44)36(5,6)7;;/h25-30,52-53H,7-24,31H2,1-6H3;19-24,43-44H,10-18,25H2,1-9H3;;. The summed E-state index contributed by atoms with van der Waals surface area (Å²) in [5.41, 5.74) is 10.1. The molecule has 3 saturated heterocycles. The largest absolute Gasteiger partial charge is 0.507 e. The predicted molar refractivity (Wildman–Crippen MR) is 405 cm³/mol. The molecule has 0 unspecified atom stereocenters. The van der Waals surface area contributed by atoms with Gasteiger partial charge in [-0.15, -0.1) is 0 Å². The van der Waals surface area contributed by atoms with E-state index < -0.39 is 11.1 Å². The molecule has 0 spiro atoms. The van der Waals surface area contributed by atoms with Crippen LogP contribution in [0.25, 0.3) is 0 Å². The van der Waals surface area contributed by atoms with Crippen LogP contribution in [0.4, 0.5) is 0 Å². The molecule has 4 N–H and O–H groups in total. The van der Waals surface area contributed by atoms with Gasteiger partial charge in [-0.05, 0) is 198 Å². The maximum Gasteiger partial charge on any atom is 0.196 e. The van der Waals surface area contributed by atoms with Crippen molar-refractivity contribution in [2.75, 3.05) is 111 Å². The van der Waals surface area contributed by atoms with Crippen molar-refractivity contribution >= 4 is 42.7 Å². The van der Waals surface area contributed by atoms with Crippen LogP contribution in [0, 0.1) is 13.8 Å². The second kappa shape index (κ2) is 35.0. The Morgan fingerprint density at radius 1 is 0.384 bits per heavy atom. The fraction of sp³-hybridized carbons (Fsp3) is 0.613. The summed E-state index contributed by atoms with van der Waals surface area (Å²) >= 11 is 0. The van der Waals surface area contributed by atoms with E-state index >= 15 is 0 Å². The molecule has 0 aromatic heterocycles. The molecule has 0 saturated carbocycles. The van der Waals surface area contributed by atoms with E-state index in [1.807, 2.05) is 38.3 Å². The van der Waals surface area contributed by atoms with Gasteiger partial charge in [-0.3, -0.25) is 34.9 Å². The van der Waals surface area contributed by atoms with Crippen LogP contribution in [-0.2, 0) is 69.1 Å². The molecule has 6 aliphatic heterocycles. The van der Waals surface area contributed by atoms with Gasteiger partial charge in [0.15, 0.2) is 17.9 Å². The third-order valence-corrected chi connectivity index (χ3v) is 19.6. The predicted octanol–water partition coefficient (Wildman–Crippen LogP) is 13.4. The molecule has 546 valence electrons. The zero-order valence-corrected chi connectivity index (χ0v) is 64.8. The summed E-state index contributed by atoms with van der Waals surface area (Å²) < 4.78 is 0. The van der Waals surface area contributed by atoms with Crippen LogP contribution in [0.1, 0.15) is 215 Å². The molecule has 6 aliphatic rings. The molecular formula is C80H119Co2N13O4. The van der Waals surface area contributed by atoms with E-state index in [1.54, 1.807) is 18.6 Å². The molecule has 19 heteroatoms. The van der Waals surface area contributed by atoms with Crippen LogP contribution in [-0.4, -0.2) is 215 Å². The Hall–Kier alpha value is -6.42. The van der Waals surface area contributed by atoms with Crippen molar-refractivity contribution in [3.8, 4) is 23.0 Å². The molecule has 4 aromatic rings. The second-order valence-electron chi connectivity index (χ2n) is 32.5.